The molecule has 0 aliphatic heterocycles. The highest BCUT2D eigenvalue weighted by Crippen LogP contribution is 2.50. The molecule has 0 amide bonds. The van der Waals surface area contributed by atoms with Gasteiger partial charge in [0.2, 0.25) is 5.69 Å². The molecule has 0 saturated carbocycles. The molecule has 4 aromatic carbocycles. The van der Waals surface area contributed by atoms with Crippen molar-refractivity contribution < 1.29 is 19.1 Å². The van der Waals surface area contributed by atoms with E-state index in [4.69, 9.17) is 16.0 Å². The standard InChI is InChI=1S/C39H36N2O4/c1-25(2)37(42)44-22-10-11-27-14-16-28(17-15-27)41(30-19-21-35(40-7)36(24-30)45-38(43)26(3)4)29-18-20-32-31-12-8-9-13-33(31)39(5,6)34(32)23-29/h8-9,12-21,23-24H,1,3,10-11,22H2,2,4-6H3. The Labute approximate surface area is 265 Å². The fourth-order valence-electron chi connectivity index (χ4n) is 5.66. The molecular weight excluding hydrogens is 560 g/mol. The maximum absolute atomic E-state index is 12.5. The van der Waals surface area contributed by atoms with Crippen molar-refractivity contribution in [1.82, 2.24) is 0 Å². The van der Waals surface area contributed by atoms with Gasteiger partial charge in [0.25, 0.3) is 0 Å². The normalized spacial score (nSPS) is 12.3. The summed E-state index contributed by atoms with van der Waals surface area (Å²) in [5, 5.41) is 0. The van der Waals surface area contributed by atoms with Crippen molar-refractivity contribution in [3.63, 3.8) is 0 Å². The zero-order valence-corrected chi connectivity index (χ0v) is 26.1. The van der Waals surface area contributed by atoms with Gasteiger partial charge in [0.1, 0.15) is 5.75 Å². The van der Waals surface area contributed by atoms with Crippen molar-refractivity contribution in [3.05, 3.63) is 137 Å². The van der Waals surface area contributed by atoms with E-state index in [0.29, 0.717) is 18.6 Å². The monoisotopic (exact) mass is 596 g/mol. The smallest absolute Gasteiger partial charge is 0.337 e. The number of benzene rings is 4. The SMILES string of the molecule is [C-]#[N+]c1ccc(N(c2ccc(CCCOC(=O)C(=C)C)cc2)c2ccc3c(c2)C(C)(C)c2ccccc2-3)cc1OC(=O)C(=C)C. The van der Waals surface area contributed by atoms with Crippen LogP contribution in [0.3, 0.4) is 0 Å². The maximum atomic E-state index is 12.5. The van der Waals surface area contributed by atoms with E-state index < -0.39 is 5.97 Å². The number of rotatable bonds is 10. The lowest BCUT2D eigenvalue weighted by atomic mass is 9.82. The van der Waals surface area contributed by atoms with Crippen LogP contribution in [0.15, 0.2) is 109 Å². The van der Waals surface area contributed by atoms with Crippen LogP contribution in [0.25, 0.3) is 16.0 Å². The lowest BCUT2D eigenvalue weighted by molar-refractivity contribution is -0.139. The van der Waals surface area contributed by atoms with Gasteiger partial charge >= 0.3 is 11.9 Å². The van der Waals surface area contributed by atoms with Crippen LogP contribution in [0.4, 0.5) is 22.7 Å². The molecule has 0 saturated heterocycles. The minimum atomic E-state index is -0.584. The predicted octanol–water partition coefficient (Wildman–Crippen LogP) is 9.55. The Morgan fingerprint density at radius 3 is 2.11 bits per heavy atom. The largest absolute Gasteiger partial charge is 0.462 e. The van der Waals surface area contributed by atoms with Crippen LogP contribution in [0.2, 0.25) is 0 Å². The van der Waals surface area contributed by atoms with E-state index in [1.54, 1.807) is 26.0 Å². The van der Waals surface area contributed by atoms with Gasteiger partial charge in [-0.2, -0.15) is 0 Å². The average Bonchev–Trinajstić information content (AvgIpc) is 3.26. The molecule has 226 valence electrons. The number of esters is 2. The molecule has 5 rings (SSSR count). The van der Waals surface area contributed by atoms with E-state index in [-0.39, 0.29) is 28.4 Å². The number of hydrogen-bond donors (Lipinski definition) is 0. The second kappa shape index (κ2) is 12.7. The Balaban J connectivity index is 1.54. The number of hydrogen-bond acceptors (Lipinski definition) is 5. The molecule has 0 radical (unpaired) electrons. The number of ether oxygens (including phenoxy) is 2. The van der Waals surface area contributed by atoms with Crippen LogP contribution in [0.1, 0.15) is 50.8 Å². The molecule has 4 aromatic rings. The summed E-state index contributed by atoms with van der Waals surface area (Å²) in [6.07, 6.45) is 1.44. The molecule has 1 aliphatic carbocycles. The minimum absolute atomic E-state index is 0.176. The molecule has 0 unspecified atom stereocenters. The van der Waals surface area contributed by atoms with Crippen LogP contribution in [-0.2, 0) is 26.2 Å². The van der Waals surface area contributed by atoms with E-state index in [1.807, 2.05) is 18.2 Å². The Bertz CT molecular complexity index is 1860. The summed E-state index contributed by atoms with van der Waals surface area (Å²) in [7, 11) is 0. The zero-order valence-electron chi connectivity index (χ0n) is 26.1. The molecular formula is C39H36N2O4. The van der Waals surface area contributed by atoms with E-state index in [1.165, 1.54) is 22.3 Å². The van der Waals surface area contributed by atoms with Gasteiger partial charge in [-0.05, 0) is 90.9 Å². The first kappa shape index (κ1) is 31.0. The van der Waals surface area contributed by atoms with E-state index in [9.17, 15) is 9.59 Å². The van der Waals surface area contributed by atoms with E-state index in [2.05, 4.69) is 91.3 Å². The summed E-state index contributed by atoms with van der Waals surface area (Å²) in [5.74, 6) is -0.784. The quantitative estimate of drug-likeness (QED) is 0.0600. The second-order valence-corrected chi connectivity index (χ2v) is 11.9. The molecule has 0 spiro atoms. The highest BCUT2D eigenvalue weighted by atomic mass is 16.5. The van der Waals surface area contributed by atoms with Gasteiger partial charge in [-0.15, -0.1) is 0 Å². The van der Waals surface area contributed by atoms with E-state index in [0.717, 1.165) is 29.0 Å². The highest BCUT2D eigenvalue weighted by molar-refractivity contribution is 5.91. The number of nitrogens with zero attached hydrogens (tertiary/aromatic N) is 2. The third-order valence-corrected chi connectivity index (χ3v) is 8.08. The summed E-state index contributed by atoms with van der Waals surface area (Å²) >= 11 is 0. The van der Waals surface area contributed by atoms with Gasteiger partial charge in [0.15, 0.2) is 0 Å². The van der Waals surface area contributed by atoms with Crippen molar-refractivity contribution in [1.29, 1.82) is 0 Å². The Morgan fingerprint density at radius 2 is 1.42 bits per heavy atom. The van der Waals surface area contributed by atoms with E-state index >= 15 is 0 Å². The van der Waals surface area contributed by atoms with Gasteiger partial charge in [-0.25, -0.2) is 14.4 Å². The minimum Gasteiger partial charge on any atom is -0.462 e. The summed E-state index contributed by atoms with van der Waals surface area (Å²) in [5.41, 5.74) is 9.31. The van der Waals surface area contributed by atoms with Crippen LogP contribution < -0.4 is 9.64 Å². The van der Waals surface area contributed by atoms with Gasteiger partial charge < -0.3 is 14.4 Å². The first-order valence-corrected chi connectivity index (χ1v) is 14.9. The predicted molar refractivity (Wildman–Crippen MR) is 179 cm³/mol. The Morgan fingerprint density at radius 1 is 0.800 bits per heavy atom. The van der Waals surface area contributed by atoms with Crippen molar-refractivity contribution in [2.75, 3.05) is 11.5 Å². The molecule has 1 aliphatic rings. The van der Waals surface area contributed by atoms with Crippen molar-refractivity contribution in [3.8, 4) is 16.9 Å². The number of fused-ring (bicyclic) bond motifs is 3. The number of aryl methyl sites for hydroxylation is 1. The summed E-state index contributed by atoms with van der Waals surface area (Å²) in [6, 6.07) is 28.5. The molecule has 6 nitrogen and oxygen atoms in total. The molecule has 0 atom stereocenters. The Kier molecular flexibility index (Phi) is 8.74. The van der Waals surface area contributed by atoms with Gasteiger partial charge in [0.05, 0.1) is 13.2 Å². The highest BCUT2D eigenvalue weighted by Gasteiger charge is 2.35. The van der Waals surface area contributed by atoms with Crippen molar-refractivity contribution in [2.24, 2.45) is 0 Å². The summed E-state index contributed by atoms with van der Waals surface area (Å²) in [4.78, 5) is 29.8. The van der Waals surface area contributed by atoms with Gasteiger partial charge in [-0.3, -0.25) is 0 Å². The van der Waals surface area contributed by atoms with Gasteiger partial charge in [0, 0.05) is 33.6 Å². The third kappa shape index (κ3) is 6.30. The molecule has 0 heterocycles. The number of carbonyl (C=O) groups excluding carboxylic acids is 2. The van der Waals surface area contributed by atoms with Crippen LogP contribution in [0.5, 0.6) is 5.75 Å². The topological polar surface area (TPSA) is 60.2 Å². The summed E-state index contributed by atoms with van der Waals surface area (Å²) < 4.78 is 10.8. The Hall–Kier alpha value is -5.41. The van der Waals surface area contributed by atoms with Crippen molar-refractivity contribution >= 4 is 34.7 Å². The molecule has 0 bridgehead atoms. The van der Waals surface area contributed by atoms with Crippen LogP contribution in [-0.4, -0.2) is 18.5 Å². The third-order valence-electron chi connectivity index (χ3n) is 8.08. The zero-order chi connectivity index (χ0) is 32.3. The molecule has 0 N–H and O–H groups in total. The summed E-state index contributed by atoms with van der Waals surface area (Å²) in [6.45, 7) is 23.0. The lowest BCUT2D eigenvalue weighted by Gasteiger charge is -2.28. The fourth-order valence-corrected chi connectivity index (χ4v) is 5.66. The fraction of sp³-hybridized carbons (Fsp3) is 0.205. The first-order valence-electron chi connectivity index (χ1n) is 14.9. The second-order valence-electron chi connectivity index (χ2n) is 11.9. The lowest BCUT2D eigenvalue weighted by Crippen LogP contribution is -2.16. The molecule has 0 aromatic heterocycles. The maximum Gasteiger partial charge on any atom is 0.337 e. The molecule has 45 heavy (non-hydrogen) atoms. The number of anilines is 3. The van der Waals surface area contributed by atoms with Crippen LogP contribution in [0, 0.1) is 6.57 Å². The number of carbonyl (C=O) groups is 2. The van der Waals surface area contributed by atoms with Gasteiger partial charge in [-0.1, -0.05) is 75.5 Å². The average molecular weight is 597 g/mol. The molecule has 0 fully saturated rings. The first-order chi connectivity index (χ1) is 21.5. The van der Waals surface area contributed by atoms with Crippen molar-refractivity contribution in [2.45, 2.75) is 46.0 Å². The van der Waals surface area contributed by atoms with Crippen LogP contribution >= 0.6 is 0 Å². The molecule has 6 heteroatoms.